The molecule has 0 aliphatic heterocycles. The van der Waals surface area contributed by atoms with E-state index in [4.69, 9.17) is 4.74 Å². The van der Waals surface area contributed by atoms with Crippen molar-refractivity contribution in [3.8, 4) is 5.75 Å². The number of hydrogen-bond acceptors (Lipinski definition) is 4. The van der Waals surface area contributed by atoms with Crippen molar-refractivity contribution in [1.82, 2.24) is 5.32 Å². The second-order valence-corrected chi connectivity index (χ2v) is 5.80. The molecular formula is C17H19NO3S. The summed E-state index contributed by atoms with van der Waals surface area (Å²) in [5.41, 5.74) is 0.662. The molecule has 0 fully saturated rings. The second-order valence-electron chi connectivity index (χ2n) is 4.77. The monoisotopic (exact) mass is 317 g/mol. The summed E-state index contributed by atoms with van der Waals surface area (Å²) in [6.07, 6.45) is 1.31. The maximum absolute atomic E-state index is 11.7. The van der Waals surface area contributed by atoms with Gasteiger partial charge in [-0.25, -0.2) is 0 Å². The number of benzene rings is 1. The molecule has 0 bridgehead atoms. The van der Waals surface area contributed by atoms with Crippen LogP contribution in [0.15, 0.2) is 41.8 Å². The maximum Gasteiger partial charge on any atom is 0.257 e. The van der Waals surface area contributed by atoms with Crippen LogP contribution >= 0.6 is 11.3 Å². The Bertz CT molecular complexity index is 605. The number of amides is 1. The highest BCUT2D eigenvalue weighted by molar-refractivity contribution is 7.09. The van der Waals surface area contributed by atoms with Crippen molar-refractivity contribution in [2.75, 3.05) is 13.2 Å². The Kier molecular flexibility index (Phi) is 6.15. The third kappa shape index (κ3) is 5.00. The van der Waals surface area contributed by atoms with Gasteiger partial charge in [0, 0.05) is 23.4 Å². The number of thiophene rings is 1. The van der Waals surface area contributed by atoms with Gasteiger partial charge >= 0.3 is 0 Å². The highest BCUT2D eigenvalue weighted by Crippen LogP contribution is 2.13. The Morgan fingerprint density at radius 3 is 2.59 bits per heavy atom. The molecule has 22 heavy (non-hydrogen) atoms. The average molecular weight is 317 g/mol. The molecule has 2 rings (SSSR count). The normalized spacial score (nSPS) is 10.2. The van der Waals surface area contributed by atoms with Gasteiger partial charge in [-0.05, 0) is 42.1 Å². The Balaban J connectivity index is 1.70. The molecule has 1 N–H and O–H groups in total. The zero-order valence-corrected chi connectivity index (χ0v) is 13.3. The predicted molar refractivity (Wildman–Crippen MR) is 87.6 cm³/mol. The number of ether oxygens (including phenoxy) is 1. The van der Waals surface area contributed by atoms with E-state index in [1.54, 1.807) is 35.6 Å². The molecule has 0 aliphatic carbocycles. The van der Waals surface area contributed by atoms with E-state index in [0.717, 1.165) is 6.42 Å². The molecule has 0 saturated carbocycles. The van der Waals surface area contributed by atoms with E-state index in [2.05, 4.69) is 5.32 Å². The van der Waals surface area contributed by atoms with E-state index in [9.17, 15) is 9.59 Å². The number of carbonyl (C=O) groups excluding carboxylic acids is 2. The number of Topliss-reactive ketones (excluding diaryl/α,β-unsaturated/α-hetero) is 1. The number of nitrogens with one attached hydrogen (secondary N) is 1. The van der Waals surface area contributed by atoms with Crippen molar-refractivity contribution in [3.05, 3.63) is 52.2 Å². The molecule has 0 radical (unpaired) electrons. The smallest absolute Gasteiger partial charge is 0.257 e. The average Bonchev–Trinajstić information content (AvgIpc) is 3.06. The number of rotatable bonds is 8. The van der Waals surface area contributed by atoms with Crippen LogP contribution in [0.5, 0.6) is 5.75 Å². The van der Waals surface area contributed by atoms with Crippen LogP contribution in [-0.4, -0.2) is 24.8 Å². The first-order chi connectivity index (χ1) is 10.7. The summed E-state index contributed by atoms with van der Waals surface area (Å²) in [5.74, 6) is 0.532. The van der Waals surface area contributed by atoms with Crippen LogP contribution in [0.1, 0.15) is 28.6 Å². The molecule has 116 valence electrons. The fourth-order valence-corrected chi connectivity index (χ4v) is 2.63. The number of carbonyl (C=O) groups is 2. The Morgan fingerprint density at radius 2 is 1.95 bits per heavy atom. The molecule has 0 saturated heterocycles. The number of ketones is 1. The van der Waals surface area contributed by atoms with Crippen molar-refractivity contribution in [2.24, 2.45) is 0 Å². The Morgan fingerprint density at radius 1 is 1.18 bits per heavy atom. The first kappa shape index (κ1) is 16.2. The summed E-state index contributed by atoms with van der Waals surface area (Å²) >= 11 is 1.68. The zero-order valence-electron chi connectivity index (χ0n) is 12.5. The quantitative estimate of drug-likeness (QED) is 0.761. The Labute approximate surface area is 134 Å². The van der Waals surface area contributed by atoms with E-state index in [1.807, 2.05) is 24.4 Å². The topological polar surface area (TPSA) is 55.4 Å². The fourth-order valence-electron chi connectivity index (χ4n) is 1.92. The van der Waals surface area contributed by atoms with Crippen molar-refractivity contribution < 1.29 is 14.3 Å². The molecule has 5 heteroatoms. The molecule has 2 aromatic rings. The summed E-state index contributed by atoms with van der Waals surface area (Å²) < 4.78 is 5.40. The first-order valence-corrected chi connectivity index (χ1v) is 8.12. The van der Waals surface area contributed by atoms with Gasteiger partial charge in [0.05, 0.1) is 0 Å². The van der Waals surface area contributed by atoms with Crippen LogP contribution in [0.3, 0.4) is 0 Å². The minimum absolute atomic E-state index is 0.0223. The summed E-state index contributed by atoms with van der Waals surface area (Å²) in [4.78, 5) is 24.4. The zero-order chi connectivity index (χ0) is 15.8. The van der Waals surface area contributed by atoms with Crippen LogP contribution in [0.25, 0.3) is 0 Å². The molecule has 1 aromatic carbocycles. The standard InChI is InChI=1S/C17H19NO3S/c1-2-16(19)13-5-7-14(8-6-13)21-12-17(20)18-10-9-15-4-3-11-22-15/h3-8,11H,2,9-10,12H2,1H3,(H,18,20). The lowest BCUT2D eigenvalue weighted by molar-refractivity contribution is -0.123. The van der Waals surface area contributed by atoms with Gasteiger partial charge < -0.3 is 10.1 Å². The Hall–Kier alpha value is -2.14. The van der Waals surface area contributed by atoms with Crippen molar-refractivity contribution in [3.63, 3.8) is 0 Å². The van der Waals surface area contributed by atoms with Gasteiger partial charge in [-0.15, -0.1) is 11.3 Å². The number of hydrogen-bond donors (Lipinski definition) is 1. The van der Waals surface area contributed by atoms with E-state index in [1.165, 1.54) is 4.88 Å². The van der Waals surface area contributed by atoms with Crippen LogP contribution in [0.2, 0.25) is 0 Å². The molecule has 0 unspecified atom stereocenters. The molecule has 0 aliphatic rings. The van der Waals surface area contributed by atoms with E-state index in [0.29, 0.717) is 24.3 Å². The van der Waals surface area contributed by atoms with E-state index < -0.39 is 0 Å². The highest BCUT2D eigenvalue weighted by Gasteiger charge is 2.05. The third-order valence-corrected chi connectivity index (χ3v) is 4.08. The molecule has 0 atom stereocenters. The highest BCUT2D eigenvalue weighted by atomic mass is 32.1. The van der Waals surface area contributed by atoms with Crippen LogP contribution < -0.4 is 10.1 Å². The van der Waals surface area contributed by atoms with Crippen molar-refractivity contribution in [2.45, 2.75) is 19.8 Å². The van der Waals surface area contributed by atoms with Gasteiger partial charge in [0.25, 0.3) is 5.91 Å². The molecule has 1 amide bonds. The van der Waals surface area contributed by atoms with Gasteiger partial charge in [0.1, 0.15) is 5.75 Å². The van der Waals surface area contributed by atoms with Crippen LogP contribution in [0, 0.1) is 0 Å². The third-order valence-electron chi connectivity index (χ3n) is 3.14. The van der Waals surface area contributed by atoms with E-state index >= 15 is 0 Å². The van der Waals surface area contributed by atoms with Crippen LogP contribution in [0.4, 0.5) is 0 Å². The lowest BCUT2D eigenvalue weighted by Gasteiger charge is -2.07. The van der Waals surface area contributed by atoms with Gasteiger partial charge in [0.2, 0.25) is 0 Å². The van der Waals surface area contributed by atoms with Gasteiger partial charge in [-0.2, -0.15) is 0 Å². The minimum atomic E-state index is -0.148. The molecular weight excluding hydrogens is 298 g/mol. The fraction of sp³-hybridized carbons (Fsp3) is 0.294. The summed E-state index contributed by atoms with van der Waals surface area (Å²) in [7, 11) is 0. The second kappa shape index (κ2) is 8.34. The summed E-state index contributed by atoms with van der Waals surface area (Å²) in [6.45, 7) is 2.41. The molecule has 1 aromatic heterocycles. The lowest BCUT2D eigenvalue weighted by atomic mass is 10.1. The van der Waals surface area contributed by atoms with Crippen molar-refractivity contribution in [1.29, 1.82) is 0 Å². The predicted octanol–water partition coefficient (Wildman–Crippen LogP) is 3.08. The van der Waals surface area contributed by atoms with E-state index in [-0.39, 0.29) is 18.3 Å². The van der Waals surface area contributed by atoms with Gasteiger partial charge in [0.15, 0.2) is 12.4 Å². The molecule has 1 heterocycles. The minimum Gasteiger partial charge on any atom is -0.484 e. The lowest BCUT2D eigenvalue weighted by Crippen LogP contribution is -2.30. The maximum atomic E-state index is 11.7. The molecule has 4 nitrogen and oxygen atoms in total. The summed E-state index contributed by atoms with van der Waals surface area (Å²) in [5, 5.41) is 4.84. The van der Waals surface area contributed by atoms with Crippen LogP contribution in [-0.2, 0) is 11.2 Å². The SMILES string of the molecule is CCC(=O)c1ccc(OCC(=O)NCCc2cccs2)cc1. The van der Waals surface area contributed by atoms with Gasteiger partial charge in [-0.1, -0.05) is 13.0 Å². The van der Waals surface area contributed by atoms with Gasteiger partial charge in [-0.3, -0.25) is 9.59 Å². The van der Waals surface area contributed by atoms with Crippen molar-refractivity contribution >= 4 is 23.0 Å². The molecule has 0 spiro atoms. The largest absolute Gasteiger partial charge is 0.484 e. The summed E-state index contributed by atoms with van der Waals surface area (Å²) in [6, 6.07) is 10.9. The first-order valence-electron chi connectivity index (χ1n) is 7.24.